The summed E-state index contributed by atoms with van der Waals surface area (Å²) in [6.45, 7) is 1.87. The van der Waals surface area contributed by atoms with Crippen LogP contribution in [0.25, 0.3) is 0 Å². The minimum atomic E-state index is -0.214. The highest BCUT2D eigenvalue weighted by molar-refractivity contribution is 9.10. The van der Waals surface area contributed by atoms with E-state index in [1.807, 2.05) is 19.1 Å². The summed E-state index contributed by atoms with van der Waals surface area (Å²) >= 11 is 3.29. The zero-order valence-electron chi connectivity index (χ0n) is 9.77. The number of hydrogen-bond acceptors (Lipinski definition) is 3. The minimum Gasteiger partial charge on any atom is -0.398 e. The first-order valence-corrected chi connectivity index (χ1v) is 6.15. The van der Waals surface area contributed by atoms with Crippen molar-refractivity contribution in [3.05, 3.63) is 52.1 Å². The van der Waals surface area contributed by atoms with Crippen LogP contribution < -0.4 is 11.1 Å². The second kappa shape index (κ2) is 5.18. The number of benzene rings is 1. The van der Waals surface area contributed by atoms with Crippen LogP contribution in [0, 0.1) is 6.92 Å². The minimum absolute atomic E-state index is 0.214. The van der Waals surface area contributed by atoms with Gasteiger partial charge in [0.05, 0.1) is 0 Å². The van der Waals surface area contributed by atoms with E-state index in [-0.39, 0.29) is 5.91 Å². The van der Waals surface area contributed by atoms with Crippen molar-refractivity contribution in [3.8, 4) is 0 Å². The van der Waals surface area contributed by atoms with E-state index < -0.39 is 0 Å². The van der Waals surface area contributed by atoms with Crippen LogP contribution in [0.4, 0.5) is 11.5 Å². The van der Waals surface area contributed by atoms with Gasteiger partial charge in [-0.25, -0.2) is 4.98 Å². The van der Waals surface area contributed by atoms with Crippen molar-refractivity contribution in [2.45, 2.75) is 6.92 Å². The van der Waals surface area contributed by atoms with Crippen LogP contribution in [-0.2, 0) is 0 Å². The lowest BCUT2D eigenvalue weighted by Gasteiger charge is -2.06. The topological polar surface area (TPSA) is 68.0 Å². The Balaban J connectivity index is 2.19. The molecular formula is C13H12BrN3O. The molecule has 92 valence electrons. The van der Waals surface area contributed by atoms with Gasteiger partial charge < -0.3 is 11.1 Å². The first kappa shape index (κ1) is 12.6. The number of aryl methyl sites for hydroxylation is 1. The molecule has 0 fully saturated rings. The second-order valence-corrected chi connectivity index (χ2v) is 4.71. The SMILES string of the molecule is Cc1cccc(NC(=O)c2ccc(N)c(Br)c2)n1. The van der Waals surface area contributed by atoms with Crippen molar-refractivity contribution in [3.63, 3.8) is 0 Å². The summed E-state index contributed by atoms with van der Waals surface area (Å²) < 4.78 is 0.701. The molecule has 18 heavy (non-hydrogen) atoms. The van der Waals surface area contributed by atoms with Gasteiger partial charge in [-0.1, -0.05) is 6.07 Å². The molecular weight excluding hydrogens is 294 g/mol. The Morgan fingerprint density at radius 1 is 1.33 bits per heavy atom. The van der Waals surface area contributed by atoms with E-state index in [9.17, 15) is 4.79 Å². The molecule has 0 aliphatic heterocycles. The first-order chi connectivity index (χ1) is 8.56. The number of pyridine rings is 1. The molecule has 2 aromatic rings. The van der Waals surface area contributed by atoms with Crippen molar-refractivity contribution in [2.24, 2.45) is 0 Å². The molecule has 3 N–H and O–H groups in total. The second-order valence-electron chi connectivity index (χ2n) is 3.85. The van der Waals surface area contributed by atoms with Gasteiger partial charge in [-0.3, -0.25) is 4.79 Å². The van der Waals surface area contributed by atoms with Crippen LogP contribution in [0.2, 0.25) is 0 Å². The number of carbonyl (C=O) groups excluding carboxylic acids is 1. The molecule has 1 aromatic heterocycles. The number of hydrogen-bond donors (Lipinski definition) is 2. The van der Waals surface area contributed by atoms with E-state index in [0.717, 1.165) is 5.69 Å². The van der Waals surface area contributed by atoms with Gasteiger partial charge in [-0.2, -0.15) is 0 Å². The predicted octanol–water partition coefficient (Wildman–Crippen LogP) is 2.99. The molecule has 0 saturated heterocycles. The zero-order chi connectivity index (χ0) is 13.1. The van der Waals surface area contributed by atoms with Gasteiger partial charge in [0.15, 0.2) is 0 Å². The third-order valence-corrected chi connectivity index (χ3v) is 3.08. The average Bonchev–Trinajstić information content (AvgIpc) is 2.32. The lowest BCUT2D eigenvalue weighted by Crippen LogP contribution is -2.13. The number of amides is 1. The summed E-state index contributed by atoms with van der Waals surface area (Å²) in [5.41, 5.74) is 7.65. The third kappa shape index (κ3) is 2.87. The number of halogens is 1. The Labute approximate surface area is 113 Å². The predicted molar refractivity (Wildman–Crippen MR) is 75.5 cm³/mol. The zero-order valence-corrected chi connectivity index (χ0v) is 11.4. The van der Waals surface area contributed by atoms with Gasteiger partial charge >= 0.3 is 0 Å². The smallest absolute Gasteiger partial charge is 0.256 e. The average molecular weight is 306 g/mol. The van der Waals surface area contributed by atoms with Crippen LogP contribution in [0.5, 0.6) is 0 Å². The summed E-state index contributed by atoms with van der Waals surface area (Å²) in [7, 11) is 0. The molecule has 0 radical (unpaired) electrons. The van der Waals surface area contributed by atoms with Gasteiger partial charge in [-0.05, 0) is 53.2 Å². The van der Waals surface area contributed by atoms with Gasteiger partial charge in [0.2, 0.25) is 0 Å². The van der Waals surface area contributed by atoms with E-state index in [2.05, 4.69) is 26.2 Å². The summed E-state index contributed by atoms with van der Waals surface area (Å²) in [6.07, 6.45) is 0. The summed E-state index contributed by atoms with van der Waals surface area (Å²) in [5, 5.41) is 2.73. The maximum Gasteiger partial charge on any atom is 0.256 e. The third-order valence-electron chi connectivity index (χ3n) is 2.39. The fourth-order valence-electron chi connectivity index (χ4n) is 1.47. The number of aromatic nitrogens is 1. The number of carbonyl (C=O) groups is 1. The molecule has 0 aliphatic carbocycles. The van der Waals surface area contributed by atoms with Crippen molar-refractivity contribution in [1.29, 1.82) is 0 Å². The fraction of sp³-hybridized carbons (Fsp3) is 0.0769. The monoisotopic (exact) mass is 305 g/mol. The molecule has 0 spiro atoms. The van der Waals surface area contributed by atoms with Crippen LogP contribution in [0.1, 0.15) is 16.1 Å². The maximum absolute atomic E-state index is 12.0. The van der Waals surface area contributed by atoms with Crippen molar-refractivity contribution >= 4 is 33.3 Å². The van der Waals surface area contributed by atoms with Crippen LogP contribution in [-0.4, -0.2) is 10.9 Å². The lowest BCUT2D eigenvalue weighted by molar-refractivity contribution is 0.102. The van der Waals surface area contributed by atoms with Crippen molar-refractivity contribution < 1.29 is 4.79 Å². The number of nitrogens with zero attached hydrogens (tertiary/aromatic N) is 1. The van der Waals surface area contributed by atoms with E-state index in [1.165, 1.54) is 0 Å². The van der Waals surface area contributed by atoms with E-state index >= 15 is 0 Å². The van der Waals surface area contributed by atoms with Gasteiger partial charge in [0, 0.05) is 21.4 Å². The highest BCUT2D eigenvalue weighted by Crippen LogP contribution is 2.20. The number of rotatable bonds is 2. The molecule has 2 rings (SSSR count). The van der Waals surface area contributed by atoms with Gasteiger partial charge in [-0.15, -0.1) is 0 Å². The Kier molecular flexibility index (Phi) is 3.62. The van der Waals surface area contributed by atoms with E-state index in [0.29, 0.717) is 21.5 Å². The number of nitrogen functional groups attached to an aromatic ring is 1. The first-order valence-electron chi connectivity index (χ1n) is 5.36. The summed E-state index contributed by atoms with van der Waals surface area (Å²) in [5.74, 6) is 0.321. The van der Waals surface area contributed by atoms with Gasteiger partial charge in [0.1, 0.15) is 5.82 Å². The lowest BCUT2D eigenvalue weighted by atomic mass is 10.2. The number of anilines is 2. The maximum atomic E-state index is 12.0. The van der Waals surface area contributed by atoms with Crippen LogP contribution in [0.15, 0.2) is 40.9 Å². The molecule has 0 aliphatic rings. The molecule has 5 heteroatoms. The van der Waals surface area contributed by atoms with Crippen LogP contribution in [0.3, 0.4) is 0 Å². The molecule has 0 saturated carbocycles. The largest absolute Gasteiger partial charge is 0.398 e. The molecule has 4 nitrogen and oxygen atoms in total. The molecule has 1 amide bonds. The van der Waals surface area contributed by atoms with Crippen molar-refractivity contribution in [2.75, 3.05) is 11.1 Å². The quantitative estimate of drug-likeness (QED) is 0.838. The Morgan fingerprint density at radius 3 is 2.78 bits per heavy atom. The normalized spacial score (nSPS) is 10.1. The van der Waals surface area contributed by atoms with E-state index in [4.69, 9.17) is 5.73 Å². The number of nitrogens with two attached hydrogens (primary N) is 1. The summed E-state index contributed by atoms with van der Waals surface area (Å²) in [6, 6.07) is 10.5. The summed E-state index contributed by atoms with van der Waals surface area (Å²) in [4.78, 5) is 16.2. The Bertz CT molecular complexity index is 599. The molecule has 1 aromatic carbocycles. The Morgan fingerprint density at radius 2 is 2.11 bits per heavy atom. The highest BCUT2D eigenvalue weighted by Gasteiger charge is 2.08. The Hall–Kier alpha value is -1.88. The molecule has 0 bridgehead atoms. The molecule has 0 atom stereocenters. The molecule has 1 heterocycles. The van der Waals surface area contributed by atoms with Gasteiger partial charge in [0.25, 0.3) is 5.91 Å². The van der Waals surface area contributed by atoms with Crippen molar-refractivity contribution in [1.82, 2.24) is 4.98 Å². The van der Waals surface area contributed by atoms with Crippen LogP contribution >= 0.6 is 15.9 Å². The molecule has 0 unspecified atom stereocenters. The van der Waals surface area contributed by atoms with E-state index in [1.54, 1.807) is 24.3 Å². The fourth-order valence-corrected chi connectivity index (χ4v) is 1.85. The standard InChI is InChI=1S/C13H12BrN3O/c1-8-3-2-4-12(16-8)17-13(18)9-5-6-11(15)10(14)7-9/h2-7H,15H2,1H3,(H,16,17,18). The number of nitrogens with one attached hydrogen (secondary N) is 1. The highest BCUT2D eigenvalue weighted by atomic mass is 79.9.